The van der Waals surface area contributed by atoms with Crippen molar-refractivity contribution in [3.05, 3.63) is 35.9 Å². The monoisotopic (exact) mass is 618 g/mol. The van der Waals surface area contributed by atoms with E-state index in [0.717, 1.165) is 37.7 Å². The van der Waals surface area contributed by atoms with Crippen LogP contribution < -0.4 is 0 Å². The number of carbonyl (C=O) groups excluding carboxylic acids is 3. The van der Waals surface area contributed by atoms with Crippen LogP contribution in [-0.4, -0.2) is 46.4 Å². The van der Waals surface area contributed by atoms with Gasteiger partial charge in [-0.25, -0.2) is 0 Å². The number of ether oxygens (including phenoxy) is 4. The zero-order valence-electron chi connectivity index (χ0n) is 28.1. The lowest BCUT2D eigenvalue weighted by Gasteiger charge is -2.64. The lowest BCUT2D eigenvalue weighted by atomic mass is 9.37. The van der Waals surface area contributed by atoms with E-state index in [9.17, 15) is 14.4 Å². The first-order valence-corrected chi connectivity index (χ1v) is 17.5. The second-order valence-corrected chi connectivity index (χ2v) is 17.4. The lowest BCUT2D eigenvalue weighted by molar-refractivity contribution is -0.266. The molecular formula is C38H50O7. The van der Waals surface area contributed by atoms with Crippen LogP contribution in [0.4, 0.5) is 0 Å². The first-order valence-electron chi connectivity index (χ1n) is 17.5. The van der Waals surface area contributed by atoms with Crippen LogP contribution in [0.1, 0.15) is 112 Å². The van der Waals surface area contributed by atoms with Gasteiger partial charge >= 0.3 is 11.9 Å². The molecule has 4 aliphatic carbocycles. The SMILES string of the molecule is C[C@@H]1C[C@]2(C[C@@H](C)[C@@]3(CC[C@]4(C)[C@]3(C)CC[C@@]35O[C@@]43[C@@H](OC(=O)Cc3ccccc3)C[C@H]3C(C)(C)C(=O)CC[C@@]35C)O2)OC1=O. The first kappa shape index (κ1) is 30.1. The summed E-state index contributed by atoms with van der Waals surface area (Å²) in [7, 11) is 0. The fourth-order valence-corrected chi connectivity index (χ4v) is 13.0. The van der Waals surface area contributed by atoms with Crippen molar-refractivity contribution in [3.63, 3.8) is 0 Å². The van der Waals surface area contributed by atoms with Crippen LogP contribution in [0.25, 0.3) is 0 Å². The van der Waals surface area contributed by atoms with Crippen molar-refractivity contribution in [3.8, 4) is 0 Å². The van der Waals surface area contributed by atoms with Gasteiger partial charge in [0, 0.05) is 40.9 Å². The molecule has 1 aromatic rings. The molecule has 0 amide bonds. The molecule has 3 aliphatic heterocycles. The summed E-state index contributed by atoms with van der Waals surface area (Å²) in [5.74, 6) is -0.893. The minimum absolute atomic E-state index is 0.0454. The number of rotatable bonds is 3. The lowest BCUT2D eigenvalue weighted by Crippen LogP contribution is -2.72. The summed E-state index contributed by atoms with van der Waals surface area (Å²) in [6.45, 7) is 15.6. The molecule has 7 nitrogen and oxygen atoms in total. The highest BCUT2D eigenvalue weighted by atomic mass is 16.7. The number of hydrogen-bond donors (Lipinski definition) is 0. The number of fused-ring (bicyclic) bond motifs is 3. The molecule has 3 heterocycles. The first-order chi connectivity index (χ1) is 21.1. The van der Waals surface area contributed by atoms with Crippen LogP contribution in [0.2, 0.25) is 0 Å². The van der Waals surface area contributed by atoms with Gasteiger partial charge in [-0.2, -0.15) is 0 Å². The molecule has 0 bridgehead atoms. The third-order valence-electron chi connectivity index (χ3n) is 15.4. The number of epoxide rings is 1. The maximum Gasteiger partial charge on any atom is 0.311 e. The number of benzene rings is 1. The Labute approximate surface area is 267 Å². The minimum Gasteiger partial charge on any atom is -0.459 e. The molecule has 7 fully saturated rings. The van der Waals surface area contributed by atoms with Gasteiger partial charge in [0.25, 0.3) is 0 Å². The molecule has 1 aromatic carbocycles. The molecule has 244 valence electrons. The summed E-state index contributed by atoms with van der Waals surface area (Å²) in [5, 5.41) is 0. The van der Waals surface area contributed by atoms with Crippen LogP contribution in [0.15, 0.2) is 30.3 Å². The molecule has 7 heteroatoms. The number of Topliss-reactive ketones (excluding diaryl/α,β-unsaturated/α-hetero) is 1. The van der Waals surface area contributed by atoms with Crippen molar-refractivity contribution >= 4 is 17.7 Å². The standard InChI is InChI=1S/C38H50O7/c1-23-21-35(43-30(23)41)22-24(2)36(44-35)17-15-34(7)33(36,6)16-18-37-32(5)14-13-27(39)31(3,4)26(32)20-28(38(34,37)45-37)42-29(40)19-25-11-9-8-10-12-25/h8-12,23-24,26,28H,13-22H2,1-7H3/t23-,24-,26+,28+,32+,33+,34-,35+,36-,37+,38+/m1/s1. The quantitative estimate of drug-likeness (QED) is 0.274. The van der Waals surface area contributed by atoms with Gasteiger partial charge in [-0.1, -0.05) is 78.8 Å². The van der Waals surface area contributed by atoms with Crippen molar-refractivity contribution in [2.45, 2.75) is 141 Å². The van der Waals surface area contributed by atoms with E-state index >= 15 is 0 Å². The van der Waals surface area contributed by atoms with E-state index in [1.54, 1.807) is 0 Å². The van der Waals surface area contributed by atoms with Gasteiger partial charge in [0.15, 0.2) is 0 Å². The maximum absolute atomic E-state index is 13.8. The average molecular weight is 619 g/mol. The van der Waals surface area contributed by atoms with E-state index in [-0.39, 0.29) is 52.4 Å². The molecular weight excluding hydrogens is 568 g/mol. The predicted octanol–water partition coefficient (Wildman–Crippen LogP) is 6.74. The number of ketones is 1. The van der Waals surface area contributed by atoms with Crippen molar-refractivity contribution < 1.29 is 33.3 Å². The van der Waals surface area contributed by atoms with Crippen LogP contribution in [0.5, 0.6) is 0 Å². The van der Waals surface area contributed by atoms with E-state index in [1.807, 2.05) is 37.3 Å². The van der Waals surface area contributed by atoms with Crippen LogP contribution in [0, 0.1) is 39.4 Å². The largest absolute Gasteiger partial charge is 0.459 e. The van der Waals surface area contributed by atoms with Crippen LogP contribution >= 0.6 is 0 Å². The average Bonchev–Trinajstić information content (AvgIpc) is 3.46. The van der Waals surface area contributed by atoms with Gasteiger partial charge in [0.05, 0.1) is 17.9 Å². The zero-order valence-corrected chi connectivity index (χ0v) is 28.1. The van der Waals surface area contributed by atoms with Crippen molar-refractivity contribution in [1.82, 2.24) is 0 Å². The second kappa shape index (κ2) is 8.80. The van der Waals surface area contributed by atoms with Crippen molar-refractivity contribution in [2.24, 2.45) is 39.4 Å². The Morgan fingerprint density at radius 3 is 2.29 bits per heavy atom. The van der Waals surface area contributed by atoms with Gasteiger partial charge in [-0.15, -0.1) is 0 Å². The zero-order chi connectivity index (χ0) is 32.1. The molecule has 2 spiro atoms. The molecule has 3 saturated heterocycles. The van der Waals surface area contributed by atoms with E-state index in [2.05, 4.69) is 41.5 Å². The van der Waals surface area contributed by atoms with Gasteiger partial charge < -0.3 is 18.9 Å². The number of esters is 2. The second-order valence-electron chi connectivity index (χ2n) is 17.4. The summed E-state index contributed by atoms with van der Waals surface area (Å²) >= 11 is 0. The Morgan fingerprint density at radius 1 is 0.889 bits per heavy atom. The Balaban J connectivity index is 1.22. The molecule has 4 saturated carbocycles. The third kappa shape index (κ3) is 3.28. The Hall–Kier alpha value is -2.25. The van der Waals surface area contributed by atoms with E-state index in [1.165, 1.54) is 0 Å². The van der Waals surface area contributed by atoms with E-state index < -0.39 is 34.1 Å². The van der Waals surface area contributed by atoms with Gasteiger partial charge in [0.2, 0.25) is 5.79 Å². The molecule has 0 aromatic heterocycles. The summed E-state index contributed by atoms with van der Waals surface area (Å²) < 4.78 is 27.3. The topological polar surface area (TPSA) is 91.4 Å². The summed E-state index contributed by atoms with van der Waals surface area (Å²) in [6, 6.07) is 9.77. The number of carbonyl (C=O) groups is 3. The molecule has 0 N–H and O–H groups in total. The normalized spacial score (nSPS) is 52.2. The fraction of sp³-hybridized carbons (Fsp3) is 0.763. The minimum atomic E-state index is -0.861. The smallest absolute Gasteiger partial charge is 0.311 e. The van der Waals surface area contributed by atoms with E-state index in [0.29, 0.717) is 31.5 Å². The highest BCUT2D eigenvalue weighted by Crippen LogP contribution is 2.87. The van der Waals surface area contributed by atoms with Crippen LogP contribution in [-0.2, 0) is 39.8 Å². The Kier molecular flexibility index (Phi) is 5.89. The van der Waals surface area contributed by atoms with Gasteiger partial charge in [-0.05, 0) is 55.9 Å². The summed E-state index contributed by atoms with van der Waals surface area (Å²) in [6.07, 6.45) is 6.50. The Bertz CT molecular complexity index is 1490. The summed E-state index contributed by atoms with van der Waals surface area (Å²) in [5.41, 5.74) is -2.10. The molecule has 45 heavy (non-hydrogen) atoms. The fourth-order valence-electron chi connectivity index (χ4n) is 13.0. The molecule has 8 rings (SSSR count). The van der Waals surface area contributed by atoms with Gasteiger partial charge in [0.1, 0.15) is 23.1 Å². The van der Waals surface area contributed by atoms with Crippen molar-refractivity contribution in [2.75, 3.05) is 0 Å². The molecule has 7 aliphatic rings. The molecule has 11 atom stereocenters. The predicted molar refractivity (Wildman–Crippen MR) is 166 cm³/mol. The number of hydrogen-bond acceptors (Lipinski definition) is 7. The molecule has 0 radical (unpaired) electrons. The van der Waals surface area contributed by atoms with Gasteiger partial charge in [-0.3, -0.25) is 14.4 Å². The van der Waals surface area contributed by atoms with Crippen LogP contribution in [0.3, 0.4) is 0 Å². The van der Waals surface area contributed by atoms with Crippen molar-refractivity contribution in [1.29, 1.82) is 0 Å². The third-order valence-corrected chi connectivity index (χ3v) is 15.4. The highest BCUT2D eigenvalue weighted by Gasteiger charge is 2.95. The Morgan fingerprint density at radius 2 is 1.60 bits per heavy atom. The summed E-state index contributed by atoms with van der Waals surface area (Å²) in [4.78, 5) is 39.8. The van der Waals surface area contributed by atoms with E-state index in [4.69, 9.17) is 18.9 Å². The maximum atomic E-state index is 13.8. The highest BCUT2D eigenvalue weighted by molar-refractivity contribution is 5.86. The molecule has 0 unspecified atom stereocenters.